The molecule has 1 atom stereocenters. The lowest BCUT2D eigenvalue weighted by atomic mass is 9.97. The van der Waals surface area contributed by atoms with E-state index in [-0.39, 0.29) is 0 Å². The normalized spacial score (nSPS) is 18.0. The van der Waals surface area contributed by atoms with Crippen molar-refractivity contribution in [1.29, 1.82) is 0 Å². The first-order chi connectivity index (χ1) is 10.1. The van der Waals surface area contributed by atoms with Crippen molar-refractivity contribution in [3.8, 4) is 0 Å². The molecule has 2 aromatic rings. The Kier molecular flexibility index (Phi) is 3.80. The van der Waals surface area contributed by atoms with E-state index in [1.807, 2.05) is 24.3 Å². The average molecular weight is 303 g/mol. The highest BCUT2D eigenvalue weighted by Gasteiger charge is 2.26. The zero-order chi connectivity index (χ0) is 14.8. The summed E-state index contributed by atoms with van der Waals surface area (Å²) < 4.78 is 0. The number of pyridine rings is 1. The fourth-order valence-corrected chi connectivity index (χ4v) is 2.97. The van der Waals surface area contributed by atoms with Gasteiger partial charge in [0.2, 0.25) is 0 Å². The molecule has 0 spiro atoms. The van der Waals surface area contributed by atoms with Crippen LogP contribution in [-0.4, -0.2) is 29.1 Å². The number of aromatic nitrogens is 1. The predicted octanol–water partition coefficient (Wildman–Crippen LogP) is 3.43. The van der Waals surface area contributed by atoms with E-state index in [0.717, 1.165) is 30.9 Å². The SMILES string of the molecule is O=C(O)c1ccc(C2CCN(c3ncccc3Cl)C2)cc1. The maximum Gasteiger partial charge on any atom is 0.335 e. The first-order valence-corrected chi connectivity index (χ1v) is 7.21. The lowest BCUT2D eigenvalue weighted by Crippen LogP contribution is -2.20. The van der Waals surface area contributed by atoms with Crippen LogP contribution in [0.15, 0.2) is 42.6 Å². The Bertz CT molecular complexity index is 658. The van der Waals surface area contributed by atoms with Crippen molar-refractivity contribution < 1.29 is 9.90 Å². The van der Waals surface area contributed by atoms with Gasteiger partial charge >= 0.3 is 5.97 Å². The summed E-state index contributed by atoms with van der Waals surface area (Å²) in [6, 6.07) is 10.8. The molecular weight excluding hydrogens is 288 g/mol. The van der Waals surface area contributed by atoms with Gasteiger partial charge in [-0.25, -0.2) is 9.78 Å². The quantitative estimate of drug-likeness (QED) is 0.944. The largest absolute Gasteiger partial charge is 0.478 e. The van der Waals surface area contributed by atoms with Gasteiger partial charge in [0.15, 0.2) is 0 Å². The molecule has 1 aliphatic heterocycles. The van der Waals surface area contributed by atoms with Gasteiger partial charge in [-0.15, -0.1) is 0 Å². The van der Waals surface area contributed by atoms with Gasteiger partial charge in [0.05, 0.1) is 10.6 Å². The molecule has 5 heteroatoms. The van der Waals surface area contributed by atoms with Gasteiger partial charge in [0, 0.05) is 25.2 Å². The van der Waals surface area contributed by atoms with Crippen LogP contribution in [0.1, 0.15) is 28.3 Å². The molecule has 1 aromatic heterocycles. The highest BCUT2D eigenvalue weighted by Crippen LogP contribution is 2.32. The molecular formula is C16H15ClN2O2. The van der Waals surface area contributed by atoms with Crippen LogP contribution < -0.4 is 4.90 Å². The molecule has 1 fully saturated rings. The first-order valence-electron chi connectivity index (χ1n) is 6.84. The molecule has 3 rings (SSSR count). The van der Waals surface area contributed by atoms with Crippen LogP contribution in [0.3, 0.4) is 0 Å². The third-order valence-electron chi connectivity index (χ3n) is 3.86. The summed E-state index contributed by atoms with van der Waals surface area (Å²) in [5.41, 5.74) is 1.48. The molecule has 1 aromatic carbocycles. The molecule has 2 heterocycles. The van der Waals surface area contributed by atoms with Crippen LogP contribution in [0, 0.1) is 0 Å². The smallest absolute Gasteiger partial charge is 0.335 e. The van der Waals surface area contributed by atoms with Gasteiger partial charge in [0.25, 0.3) is 0 Å². The van der Waals surface area contributed by atoms with Crippen molar-refractivity contribution in [3.05, 3.63) is 58.7 Å². The summed E-state index contributed by atoms with van der Waals surface area (Å²) in [5.74, 6) is 0.310. The van der Waals surface area contributed by atoms with Crippen LogP contribution in [0.4, 0.5) is 5.82 Å². The molecule has 0 saturated carbocycles. The number of benzene rings is 1. The molecule has 0 radical (unpaired) electrons. The molecule has 21 heavy (non-hydrogen) atoms. The van der Waals surface area contributed by atoms with Crippen molar-refractivity contribution >= 4 is 23.4 Å². The second-order valence-electron chi connectivity index (χ2n) is 5.17. The number of rotatable bonds is 3. The number of nitrogens with zero attached hydrogens (tertiary/aromatic N) is 2. The van der Waals surface area contributed by atoms with Gasteiger partial charge in [-0.1, -0.05) is 23.7 Å². The van der Waals surface area contributed by atoms with Gasteiger partial charge < -0.3 is 10.0 Å². The van der Waals surface area contributed by atoms with Crippen LogP contribution in [0.5, 0.6) is 0 Å². The van der Waals surface area contributed by atoms with Crippen molar-refractivity contribution in [3.63, 3.8) is 0 Å². The van der Waals surface area contributed by atoms with E-state index in [9.17, 15) is 4.79 Å². The molecule has 0 aliphatic carbocycles. The van der Waals surface area contributed by atoms with Gasteiger partial charge in [-0.3, -0.25) is 0 Å². The molecule has 1 unspecified atom stereocenters. The summed E-state index contributed by atoms with van der Waals surface area (Å²) in [6.45, 7) is 1.76. The van der Waals surface area contributed by atoms with Gasteiger partial charge in [-0.05, 0) is 36.2 Å². The van der Waals surface area contributed by atoms with Gasteiger partial charge in [-0.2, -0.15) is 0 Å². The number of hydrogen-bond acceptors (Lipinski definition) is 3. The van der Waals surface area contributed by atoms with Crippen molar-refractivity contribution in [1.82, 2.24) is 4.98 Å². The fourth-order valence-electron chi connectivity index (χ4n) is 2.73. The zero-order valence-electron chi connectivity index (χ0n) is 11.4. The Morgan fingerprint density at radius 1 is 1.29 bits per heavy atom. The fraction of sp³-hybridized carbons (Fsp3) is 0.250. The monoisotopic (exact) mass is 302 g/mol. The standard InChI is InChI=1S/C16H15ClN2O2/c17-14-2-1-8-18-15(14)19-9-7-13(10-19)11-3-5-12(6-4-11)16(20)21/h1-6,8,13H,7,9-10H2,(H,20,21). The van der Waals surface area contributed by atoms with Crippen LogP contribution in [0.25, 0.3) is 0 Å². The predicted molar refractivity (Wildman–Crippen MR) is 82.2 cm³/mol. The molecule has 1 aliphatic rings. The average Bonchev–Trinajstić information content (AvgIpc) is 2.97. The van der Waals surface area contributed by atoms with Crippen molar-refractivity contribution in [2.75, 3.05) is 18.0 Å². The van der Waals surface area contributed by atoms with E-state index in [2.05, 4.69) is 9.88 Å². The zero-order valence-corrected chi connectivity index (χ0v) is 12.1. The number of carbonyl (C=O) groups is 1. The molecule has 4 nitrogen and oxygen atoms in total. The molecule has 108 valence electrons. The second-order valence-corrected chi connectivity index (χ2v) is 5.57. The topological polar surface area (TPSA) is 53.4 Å². The van der Waals surface area contributed by atoms with E-state index in [1.165, 1.54) is 0 Å². The minimum absolute atomic E-state index is 0.321. The number of hydrogen-bond donors (Lipinski definition) is 1. The van der Waals surface area contributed by atoms with E-state index in [4.69, 9.17) is 16.7 Å². The minimum Gasteiger partial charge on any atom is -0.478 e. The Morgan fingerprint density at radius 2 is 2.05 bits per heavy atom. The van der Waals surface area contributed by atoms with Crippen molar-refractivity contribution in [2.24, 2.45) is 0 Å². The maximum absolute atomic E-state index is 10.9. The summed E-state index contributed by atoms with van der Waals surface area (Å²) >= 11 is 6.18. The Labute approximate surface area is 128 Å². The summed E-state index contributed by atoms with van der Waals surface area (Å²) in [4.78, 5) is 17.4. The summed E-state index contributed by atoms with van der Waals surface area (Å²) in [6.07, 6.45) is 2.76. The lowest BCUT2D eigenvalue weighted by molar-refractivity contribution is 0.0697. The lowest BCUT2D eigenvalue weighted by Gasteiger charge is -2.18. The van der Waals surface area contributed by atoms with Crippen molar-refractivity contribution in [2.45, 2.75) is 12.3 Å². The number of anilines is 1. The van der Waals surface area contributed by atoms with Crippen LogP contribution in [-0.2, 0) is 0 Å². The van der Waals surface area contributed by atoms with E-state index in [1.54, 1.807) is 18.3 Å². The molecule has 0 bridgehead atoms. The van der Waals surface area contributed by atoms with E-state index >= 15 is 0 Å². The second kappa shape index (κ2) is 5.74. The first kappa shape index (κ1) is 13.9. The number of carboxylic acid groups (broad SMARTS) is 1. The summed E-state index contributed by atoms with van der Waals surface area (Å²) in [5, 5.41) is 9.60. The molecule has 1 saturated heterocycles. The molecule has 0 amide bonds. The minimum atomic E-state index is -0.894. The molecule has 1 N–H and O–H groups in total. The number of carboxylic acids is 1. The van der Waals surface area contributed by atoms with Crippen LogP contribution in [0.2, 0.25) is 5.02 Å². The summed E-state index contributed by atoms with van der Waals surface area (Å²) in [7, 11) is 0. The maximum atomic E-state index is 10.9. The van der Waals surface area contributed by atoms with E-state index in [0.29, 0.717) is 16.5 Å². The Hall–Kier alpha value is -2.07. The highest BCUT2D eigenvalue weighted by molar-refractivity contribution is 6.32. The third kappa shape index (κ3) is 2.85. The Balaban J connectivity index is 1.75. The van der Waals surface area contributed by atoms with Gasteiger partial charge in [0.1, 0.15) is 5.82 Å². The highest BCUT2D eigenvalue weighted by atomic mass is 35.5. The van der Waals surface area contributed by atoms with E-state index < -0.39 is 5.97 Å². The Morgan fingerprint density at radius 3 is 2.71 bits per heavy atom. The van der Waals surface area contributed by atoms with Crippen LogP contribution >= 0.6 is 11.6 Å². The number of aromatic carboxylic acids is 1. The third-order valence-corrected chi connectivity index (χ3v) is 4.15. The number of halogens is 1.